The van der Waals surface area contributed by atoms with Crippen molar-refractivity contribution in [2.45, 2.75) is 24.8 Å². The Bertz CT molecular complexity index is 656. The van der Waals surface area contributed by atoms with Crippen LogP contribution in [0.5, 0.6) is 5.75 Å². The van der Waals surface area contributed by atoms with E-state index in [4.69, 9.17) is 0 Å². The van der Waals surface area contributed by atoms with Crippen molar-refractivity contribution in [3.8, 4) is 5.75 Å². The number of methoxy groups -OCH3 is 1. The molecule has 0 saturated carbocycles. The Morgan fingerprint density at radius 1 is 1.43 bits per heavy atom. The third-order valence-corrected chi connectivity index (χ3v) is 4.24. The second-order valence-electron chi connectivity index (χ2n) is 4.53. The lowest BCUT2D eigenvalue weighted by atomic mass is 10.3. The molecule has 1 aromatic rings. The summed E-state index contributed by atoms with van der Waals surface area (Å²) in [5.74, 6) is -1.72. The third kappa shape index (κ3) is 5.57. The Morgan fingerprint density at radius 2 is 2.04 bits per heavy atom. The first-order chi connectivity index (χ1) is 10.2. The number of benzene rings is 1. The van der Waals surface area contributed by atoms with Crippen LogP contribution in [-0.4, -0.2) is 39.6 Å². The normalized spacial score (nSPS) is 12.3. The number of ether oxygens (including phenoxy) is 1. The molecule has 0 aliphatic carbocycles. The molecule has 2 N–H and O–H groups in total. The Kier molecular flexibility index (Phi) is 8.38. The van der Waals surface area contributed by atoms with Gasteiger partial charge < -0.3 is 10.1 Å². The van der Waals surface area contributed by atoms with Gasteiger partial charge in [0.05, 0.1) is 16.9 Å². The molecule has 0 aliphatic rings. The maximum absolute atomic E-state index is 13.8. The molecule has 0 amide bonds. The Labute approximate surface area is 140 Å². The number of hydrogen-bond acceptors (Lipinski definition) is 6. The van der Waals surface area contributed by atoms with Crippen LogP contribution in [0.15, 0.2) is 17.0 Å². The van der Waals surface area contributed by atoms with E-state index in [9.17, 15) is 22.9 Å². The molecule has 0 radical (unpaired) electrons. The van der Waals surface area contributed by atoms with Gasteiger partial charge in [-0.15, -0.1) is 12.4 Å². The summed E-state index contributed by atoms with van der Waals surface area (Å²) in [7, 11) is -3.00. The number of rotatable bonds is 8. The first kappa shape index (κ1) is 21.5. The Balaban J connectivity index is 0.00000484. The summed E-state index contributed by atoms with van der Waals surface area (Å²) in [6.45, 7) is 4.36. The van der Waals surface area contributed by atoms with Crippen molar-refractivity contribution in [3.63, 3.8) is 0 Å². The average Bonchev–Trinajstić information content (AvgIpc) is 2.44. The summed E-state index contributed by atoms with van der Waals surface area (Å²) in [6, 6.07) is 1.31. The summed E-state index contributed by atoms with van der Waals surface area (Å²) in [5, 5.41) is 13.9. The van der Waals surface area contributed by atoms with E-state index in [2.05, 4.69) is 14.8 Å². The zero-order valence-electron chi connectivity index (χ0n) is 12.8. The molecule has 132 valence electrons. The largest absolute Gasteiger partial charge is 0.488 e. The van der Waals surface area contributed by atoms with Gasteiger partial charge in [-0.2, -0.15) is 0 Å². The van der Waals surface area contributed by atoms with E-state index in [-0.39, 0.29) is 25.0 Å². The van der Waals surface area contributed by atoms with Gasteiger partial charge in [-0.1, -0.05) is 6.92 Å². The van der Waals surface area contributed by atoms with Crippen LogP contribution in [0, 0.1) is 15.9 Å². The van der Waals surface area contributed by atoms with Crippen molar-refractivity contribution < 1.29 is 22.5 Å². The fourth-order valence-corrected chi connectivity index (χ4v) is 2.95. The number of hydrogen-bond donors (Lipinski definition) is 2. The quantitative estimate of drug-likeness (QED) is 0.528. The topological polar surface area (TPSA) is 111 Å². The molecule has 8 nitrogen and oxygen atoms in total. The molecular weight excluding hydrogens is 353 g/mol. The fourth-order valence-electron chi connectivity index (χ4n) is 1.79. The second kappa shape index (κ2) is 8.96. The zero-order valence-corrected chi connectivity index (χ0v) is 14.5. The minimum Gasteiger partial charge on any atom is -0.488 e. The zero-order chi connectivity index (χ0) is 16.9. The monoisotopic (exact) mass is 371 g/mol. The van der Waals surface area contributed by atoms with E-state index in [1.165, 1.54) is 0 Å². The van der Waals surface area contributed by atoms with E-state index in [1.54, 1.807) is 6.92 Å². The summed E-state index contributed by atoms with van der Waals surface area (Å²) >= 11 is 0. The van der Waals surface area contributed by atoms with Crippen molar-refractivity contribution in [3.05, 3.63) is 28.1 Å². The van der Waals surface area contributed by atoms with Crippen LogP contribution in [0.3, 0.4) is 0 Å². The fraction of sp³-hybridized carbons (Fsp3) is 0.500. The molecule has 0 bridgehead atoms. The highest BCUT2D eigenvalue weighted by Crippen LogP contribution is 2.32. The summed E-state index contributed by atoms with van der Waals surface area (Å²) in [4.78, 5) is 9.47. The van der Waals surface area contributed by atoms with Gasteiger partial charge in [0.2, 0.25) is 15.8 Å². The first-order valence-electron chi connectivity index (χ1n) is 6.47. The third-order valence-electron chi connectivity index (χ3n) is 2.84. The highest BCUT2D eigenvalue weighted by Gasteiger charge is 2.26. The van der Waals surface area contributed by atoms with E-state index >= 15 is 0 Å². The highest BCUT2D eigenvalue weighted by atomic mass is 35.5. The van der Waals surface area contributed by atoms with Crippen LogP contribution >= 0.6 is 12.4 Å². The molecule has 0 fully saturated rings. The molecule has 0 saturated heterocycles. The van der Waals surface area contributed by atoms with Crippen molar-refractivity contribution in [2.24, 2.45) is 0 Å². The first-order valence-corrected chi connectivity index (χ1v) is 7.96. The average molecular weight is 372 g/mol. The standard InChI is InChI=1S/C12H18FN3O5S.ClH/c1-4-14-8(2)7-15-22(19,20)9-5-10(13)12(21-3)11(6-9)16(17)18;/h5-6,8,14-15H,4,7H2,1-3H3;1H/t8-;/m1./s1. The van der Waals surface area contributed by atoms with Crippen molar-refractivity contribution in [2.75, 3.05) is 20.2 Å². The lowest BCUT2D eigenvalue weighted by Crippen LogP contribution is -2.38. The van der Waals surface area contributed by atoms with Crippen molar-refractivity contribution in [1.82, 2.24) is 10.0 Å². The molecule has 1 rings (SSSR count). The second-order valence-corrected chi connectivity index (χ2v) is 6.29. The number of halogens is 2. The van der Waals surface area contributed by atoms with Gasteiger partial charge in [-0.05, 0) is 19.5 Å². The van der Waals surface area contributed by atoms with E-state index in [0.717, 1.165) is 13.2 Å². The van der Waals surface area contributed by atoms with Crippen LogP contribution < -0.4 is 14.8 Å². The van der Waals surface area contributed by atoms with Gasteiger partial charge in [0.25, 0.3) is 0 Å². The lowest BCUT2D eigenvalue weighted by Gasteiger charge is -2.14. The van der Waals surface area contributed by atoms with Gasteiger partial charge in [0.1, 0.15) is 0 Å². The molecule has 23 heavy (non-hydrogen) atoms. The number of likely N-dealkylation sites (N-methyl/N-ethyl adjacent to an activating group) is 1. The minimum atomic E-state index is -4.07. The predicted octanol–water partition coefficient (Wildman–Crippen LogP) is 1.44. The number of nitro benzene ring substituents is 1. The number of sulfonamides is 1. The SMILES string of the molecule is CCN[C@H](C)CNS(=O)(=O)c1cc(F)c(OC)c([N+](=O)[O-])c1.Cl. The van der Waals surface area contributed by atoms with Crippen LogP contribution in [0.25, 0.3) is 0 Å². The highest BCUT2D eigenvalue weighted by molar-refractivity contribution is 7.89. The summed E-state index contributed by atoms with van der Waals surface area (Å²) in [6.07, 6.45) is 0. The predicted molar refractivity (Wildman–Crippen MR) is 85.2 cm³/mol. The lowest BCUT2D eigenvalue weighted by molar-refractivity contribution is -0.386. The number of nitro groups is 1. The van der Waals surface area contributed by atoms with Gasteiger partial charge in [-0.3, -0.25) is 10.1 Å². The molecule has 0 spiro atoms. The van der Waals surface area contributed by atoms with Crippen LogP contribution in [0.4, 0.5) is 10.1 Å². The van der Waals surface area contributed by atoms with E-state index in [0.29, 0.717) is 12.6 Å². The smallest absolute Gasteiger partial charge is 0.315 e. The van der Waals surface area contributed by atoms with Crippen molar-refractivity contribution in [1.29, 1.82) is 0 Å². The van der Waals surface area contributed by atoms with Gasteiger partial charge >= 0.3 is 5.69 Å². The molecular formula is C12H19ClFN3O5S. The van der Waals surface area contributed by atoms with Crippen LogP contribution in [0.2, 0.25) is 0 Å². The Hall–Kier alpha value is -1.49. The summed E-state index contributed by atoms with van der Waals surface area (Å²) < 4.78 is 44.8. The van der Waals surface area contributed by atoms with Gasteiger partial charge in [-0.25, -0.2) is 17.5 Å². The molecule has 1 aromatic carbocycles. The van der Waals surface area contributed by atoms with Crippen LogP contribution in [-0.2, 0) is 10.0 Å². The molecule has 11 heteroatoms. The maximum atomic E-state index is 13.8. The molecule has 1 atom stereocenters. The summed E-state index contributed by atoms with van der Waals surface area (Å²) in [5.41, 5.74) is -0.748. The van der Waals surface area contributed by atoms with Crippen LogP contribution in [0.1, 0.15) is 13.8 Å². The van der Waals surface area contributed by atoms with Gasteiger partial charge in [0, 0.05) is 18.7 Å². The molecule has 0 aromatic heterocycles. The van der Waals surface area contributed by atoms with Crippen molar-refractivity contribution >= 4 is 28.1 Å². The Morgan fingerprint density at radius 3 is 2.52 bits per heavy atom. The minimum absolute atomic E-state index is 0. The molecule has 0 unspecified atom stereocenters. The maximum Gasteiger partial charge on any atom is 0.315 e. The number of nitrogens with zero attached hydrogens (tertiary/aromatic N) is 1. The molecule has 0 heterocycles. The van der Waals surface area contributed by atoms with Gasteiger partial charge in [0.15, 0.2) is 5.82 Å². The molecule has 0 aliphatic heterocycles. The number of nitrogens with one attached hydrogen (secondary N) is 2. The van der Waals surface area contributed by atoms with E-state index < -0.39 is 37.1 Å². The van der Waals surface area contributed by atoms with E-state index in [1.807, 2.05) is 6.92 Å².